The Kier molecular flexibility index (Phi) is 5.16. The van der Waals surface area contributed by atoms with Crippen LogP contribution in [0.2, 0.25) is 0 Å². The van der Waals surface area contributed by atoms with Crippen molar-refractivity contribution in [3.63, 3.8) is 0 Å². The third-order valence-corrected chi connectivity index (χ3v) is 2.48. The molecule has 1 unspecified atom stereocenters. The molecule has 0 saturated carbocycles. The molecule has 1 rings (SSSR count). The summed E-state index contributed by atoms with van der Waals surface area (Å²) in [4.78, 5) is 28.2. The lowest BCUT2D eigenvalue weighted by atomic mass is 10.1. The molecule has 100 valence electrons. The van der Waals surface area contributed by atoms with Gasteiger partial charge < -0.3 is 20.1 Å². The van der Waals surface area contributed by atoms with Crippen molar-refractivity contribution in [2.24, 2.45) is 5.92 Å². The summed E-state index contributed by atoms with van der Waals surface area (Å²) in [6.07, 6.45) is 1.98. The smallest absolute Gasteiger partial charge is 0.303 e. The van der Waals surface area contributed by atoms with Gasteiger partial charge in [0.1, 0.15) is 0 Å². The third-order valence-electron chi connectivity index (χ3n) is 2.48. The summed E-state index contributed by atoms with van der Waals surface area (Å²) < 4.78 is 4.94. The predicted octanol–water partition coefficient (Wildman–Crippen LogP) is 0.691. The summed E-state index contributed by atoms with van der Waals surface area (Å²) in [7, 11) is 1.39. The molecule has 1 atom stereocenters. The van der Waals surface area contributed by atoms with Crippen LogP contribution < -0.4 is 15.6 Å². The minimum Gasteiger partial charge on any atom is -0.489 e. The van der Waals surface area contributed by atoms with Gasteiger partial charge in [-0.3, -0.25) is 9.59 Å². The Balaban J connectivity index is 2.55. The number of aromatic nitrogens is 2. The molecule has 0 spiro atoms. The van der Waals surface area contributed by atoms with Gasteiger partial charge in [0.25, 0.3) is 5.56 Å². The topological polar surface area (TPSA) is 104 Å². The summed E-state index contributed by atoms with van der Waals surface area (Å²) in [5.41, 5.74) is -0.354. The van der Waals surface area contributed by atoms with Crippen LogP contribution in [0.15, 0.2) is 11.1 Å². The summed E-state index contributed by atoms with van der Waals surface area (Å²) in [6, 6.07) is 0. The number of rotatable bonds is 7. The zero-order valence-electron chi connectivity index (χ0n) is 10.4. The Morgan fingerprint density at radius 1 is 1.67 bits per heavy atom. The molecule has 1 aromatic heterocycles. The molecule has 0 saturated heterocycles. The van der Waals surface area contributed by atoms with Gasteiger partial charge in [-0.25, -0.2) is 4.98 Å². The molecular weight excluding hydrogens is 238 g/mol. The van der Waals surface area contributed by atoms with E-state index in [9.17, 15) is 9.59 Å². The second-order valence-electron chi connectivity index (χ2n) is 4.03. The van der Waals surface area contributed by atoms with E-state index in [0.29, 0.717) is 18.8 Å². The number of hydrogen-bond acceptors (Lipinski definition) is 5. The van der Waals surface area contributed by atoms with Gasteiger partial charge in [0, 0.05) is 13.0 Å². The van der Waals surface area contributed by atoms with Crippen molar-refractivity contribution >= 4 is 11.8 Å². The van der Waals surface area contributed by atoms with Crippen molar-refractivity contribution in [1.82, 2.24) is 9.97 Å². The molecule has 7 nitrogen and oxygen atoms in total. The van der Waals surface area contributed by atoms with Gasteiger partial charge in [0.05, 0.1) is 13.4 Å². The molecule has 0 aliphatic carbocycles. The first kappa shape index (κ1) is 14.0. The highest BCUT2D eigenvalue weighted by Gasteiger charge is 2.10. The largest absolute Gasteiger partial charge is 0.489 e. The van der Waals surface area contributed by atoms with Crippen molar-refractivity contribution in [2.75, 3.05) is 19.0 Å². The van der Waals surface area contributed by atoms with Gasteiger partial charge in [0.2, 0.25) is 5.75 Å². The second-order valence-corrected chi connectivity index (χ2v) is 4.03. The Morgan fingerprint density at radius 2 is 2.39 bits per heavy atom. The summed E-state index contributed by atoms with van der Waals surface area (Å²) in [5.74, 6) is -0.160. The number of anilines is 1. The molecule has 0 bridgehead atoms. The van der Waals surface area contributed by atoms with Crippen LogP contribution in [-0.2, 0) is 4.79 Å². The summed E-state index contributed by atoms with van der Waals surface area (Å²) in [5, 5.41) is 11.5. The van der Waals surface area contributed by atoms with Crippen LogP contribution in [0.5, 0.6) is 5.75 Å². The molecule has 3 N–H and O–H groups in total. The lowest BCUT2D eigenvalue weighted by Crippen LogP contribution is -2.18. The number of H-pyrrole nitrogens is 1. The van der Waals surface area contributed by atoms with Gasteiger partial charge in [-0.15, -0.1) is 0 Å². The van der Waals surface area contributed by atoms with Gasteiger partial charge in [-0.2, -0.15) is 0 Å². The lowest BCUT2D eigenvalue weighted by molar-refractivity contribution is -0.137. The summed E-state index contributed by atoms with van der Waals surface area (Å²) >= 11 is 0. The van der Waals surface area contributed by atoms with E-state index in [1.807, 2.05) is 6.92 Å². The number of nitrogens with one attached hydrogen (secondary N) is 2. The normalized spacial score (nSPS) is 11.9. The van der Waals surface area contributed by atoms with Crippen molar-refractivity contribution in [3.05, 3.63) is 16.7 Å². The summed E-state index contributed by atoms with van der Waals surface area (Å²) in [6.45, 7) is 2.45. The van der Waals surface area contributed by atoms with E-state index in [0.717, 1.165) is 0 Å². The molecule has 0 radical (unpaired) electrons. The second kappa shape index (κ2) is 6.63. The average molecular weight is 255 g/mol. The van der Waals surface area contributed by atoms with E-state index in [1.54, 1.807) is 0 Å². The van der Waals surface area contributed by atoms with E-state index >= 15 is 0 Å². The maximum absolute atomic E-state index is 11.4. The lowest BCUT2D eigenvalue weighted by Gasteiger charge is -2.13. The maximum Gasteiger partial charge on any atom is 0.303 e. The number of nitrogens with zero attached hydrogens (tertiary/aromatic N) is 1. The first-order chi connectivity index (χ1) is 8.54. The molecule has 0 fully saturated rings. The Bertz CT molecular complexity index is 458. The van der Waals surface area contributed by atoms with Crippen LogP contribution >= 0.6 is 0 Å². The molecule has 1 aromatic rings. The average Bonchev–Trinajstić information content (AvgIpc) is 2.33. The van der Waals surface area contributed by atoms with Crippen molar-refractivity contribution in [2.45, 2.75) is 19.8 Å². The Hall–Kier alpha value is -2.05. The monoisotopic (exact) mass is 255 g/mol. The first-order valence-corrected chi connectivity index (χ1v) is 5.62. The Labute approximate surface area is 104 Å². The number of ether oxygens (including phenoxy) is 1. The zero-order valence-corrected chi connectivity index (χ0v) is 10.4. The minimum absolute atomic E-state index is 0.128. The van der Waals surface area contributed by atoms with E-state index in [-0.39, 0.29) is 23.6 Å². The first-order valence-electron chi connectivity index (χ1n) is 5.62. The van der Waals surface area contributed by atoms with E-state index in [2.05, 4.69) is 15.3 Å². The molecule has 0 aromatic carbocycles. The van der Waals surface area contributed by atoms with Crippen LogP contribution in [0.25, 0.3) is 0 Å². The molecule has 7 heteroatoms. The minimum atomic E-state index is -0.811. The van der Waals surface area contributed by atoms with Crippen LogP contribution in [0.1, 0.15) is 19.8 Å². The molecule has 1 heterocycles. The quantitative estimate of drug-likeness (QED) is 0.662. The fraction of sp³-hybridized carbons (Fsp3) is 0.545. The van der Waals surface area contributed by atoms with Crippen LogP contribution in [0.3, 0.4) is 0 Å². The highest BCUT2D eigenvalue weighted by Crippen LogP contribution is 2.15. The SMILES string of the molecule is COc1c(NCC(C)CCC(=O)O)nc[nH]c1=O. The highest BCUT2D eigenvalue weighted by molar-refractivity contribution is 5.66. The number of aliphatic carboxylic acids is 1. The van der Waals surface area contributed by atoms with Crippen LogP contribution in [0, 0.1) is 5.92 Å². The van der Waals surface area contributed by atoms with Crippen molar-refractivity contribution in [1.29, 1.82) is 0 Å². The van der Waals surface area contributed by atoms with Crippen molar-refractivity contribution in [3.8, 4) is 5.75 Å². The number of hydrogen-bond donors (Lipinski definition) is 3. The van der Waals surface area contributed by atoms with Crippen molar-refractivity contribution < 1.29 is 14.6 Å². The van der Waals surface area contributed by atoms with Gasteiger partial charge in [-0.05, 0) is 12.3 Å². The molecule has 0 aliphatic heterocycles. The van der Waals surface area contributed by atoms with E-state index in [1.165, 1.54) is 13.4 Å². The predicted molar refractivity (Wildman–Crippen MR) is 65.9 cm³/mol. The number of carbonyl (C=O) groups is 1. The maximum atomic E-state index is 11.4. The molecular formula is C11H17N3O4. The molecule has 18 heavy (non-hydrogen) atoms. The fourth-order valence-corrected chi connectivity index (χ4v) is 1.45. The van der Waals surface area contributed by atoms with E-state index < -0.39 is 5.97 Å². The van der Waals surface area contributed by atoms with Gasteiger partial charge in [-0.1, -0.05) is 6.92 Å². The third kappa shape index (κ3) is 4.08. The molecule has 0 aliphatic rings. The van der Waals surface area contributed by atoms with E-state index in [4.69, 9.17) is 9.84 Å². The zero-order chi connectivity index (χ0) is 13.5. The van der Waals surface area contributed by atoms with Gasteiger partial charge in [0.15, 0.2) is 5.82 Å². The number of carboxylic acids is 1. The number of aromatic amines is 1. The fourth-order valence-electron chi connectivity index (χ4n) is 1.45. The standard InChI is InChI=1S/C11H17N3O4/c1-7(3-4-8(15)16)5-12-10-9(18-2)11(17)14-6-13-10/h6-7H,3-5H2,1-2H3,(H,15,16)(H2,12,13,14,17). The number of carboxylic acid groups (broad SMARTS) is 1. The van der Waals surface area contributed by atoms with Gasteiger partial charge >= 0.3 is 5.97 Å². The Morgan fingerprint density at radius 3 is 3.00 bits per heavy atom. The van der Waals surface area contributed by atoms with Crippen LogP contribution in [-0.4, -0.2) is 34.7 Å². The highest BCUT2D eigenvalue weighted by atomic mass is 16.5. The van der Waals surface area contributed by atoms with Crippen LogP contribution in [0.4, 0.5) is 5.82 Å². The number of methoxy groups -OCH3 is 1. The molecule has 0 amide bonds.